The smallest absolute Gasteiger partial charge is 0.198 e. The van der Waals surface area contributed by atoms with Crippen molar-refractivity contribution in [1.29, 1.82) is 0 Å². The zero-order chi connectivity index (χ0) is 12.8. The summed E-state index contributed by atoms with van der Waals surface area (Å²) in [6, 6.07) is 5.09. The number of benzene rings is 1. The van der Waals surface area contributed by atoms with E-state index in [0.717, 1.165) is 6.42 Å². The van der Waals surface area contributed by atoms with Crippen molar-refractivity contribution in [3.63, 3.8) is 0 Å². The molecule has 4 heteroatoms. The Morgan fingerprint density at radius 3 is 2.24 bits per heavy atom. The number of rotatable bonds is 6. The Morgan fingerprint density at radius 1 is 1.29 bits per heavy atom. The number of methoxy groups -OCH3 is 2. The van der Waals surface area contributed by atoms with E-state index in [4.69, 9.17) is 9.47 Å². The highest BCUT2D eigenvalue weighted by molar-refractivity contribution is 6.04. The molecule has 4 nitrogen and oxygen atoms in total. The molecule has 0 bridgehead atoms. The number of hydrogen-bond donors (Lipinski definition) is 1. The van der Waals surface area contributed by atoms with Crippen LogP contribution in [0.4, 0.5) is 0 Å². The molecule has 1 unspecified atom stereocenters. The van der Waals surface area contributed by atoms with Gasteiger partial charge in [-0.3, -0.25) is 4.79 Å². The lowest BCUT2D eigenvalue weighted by Crippen LogP contribution is -2.21. The second kappa shape index (κ2) is 6.25. The molecule has 0 spiro atoms. The molecular formula is C13H18O4. The maximum atomic E-state index is 12.1. The molecule has 0 aliphatic rings. The molecule has 0 aliphatic carbocycles. The summed E-state index contributed by atoms with van der Waals surface area (Å²) in [4.78, 5) is 12.1. The number of Topliss-reactive ketones (excluding diaryl/α,β-unsaturated/α-hetero) is 1. The quantitative estimate of drug-likeness (QED) is 0.771. The minimum absolute atomic E-state index is 0.304. The third-order valence-corrected chi connectivity index (χ3v) is 2.54. The molecular weight excluding hydrogens is 220 g/mol. The standard InChI is InChI=1S/C13H18O4/c1-4-6-9(14)13(15)12-10(16-2)7-5-8-11(12)17-3/h5,7-9,14H,4,6H2,1-3H3. The lowest BCUT2D eigenvalue weighted by molar-refractivity contribution is 0.0723. The van der Waals surface area contributed by atoms with Crippen LogP contribution < -0.4 is 9.47 Å². The van der Waals surface area contributed by atoms with E-state index in [2.05, 4.69) is 0 Å². The van der Waals surface area contributed by atoms with Gasteiger partial charge in [-0.15, -0.1) is 0 Å². The first-order chi connectivity index (χ1) is 8.15. The summed E-state index contributed by atoms with van der Waals surface area (Å²) in [5, 5.41) is 9.75. The number of carbonyl (C=O) groups excluding carboxylic acids is 1. The third-order valence-electron chi connectivity index (χ3n) is 2.54. The van der Waals surface area contributed by atoms with Crippen LogP contribution in [-0.2, 0) is 0 Å². The molecule has 0 saturated carbocycles. The van der Waals surface area contributed by atoms with Crippen molar-refractivity contribution in [1.82, 2.24) is 0 Å². The Balaban J connectivity index is 3.13. The summed E-state index contributed by atoms with van der Waals surface area (Å²) in [7, 11) is 2.97. The molecule has 17 heavy (non-hydrogen) atoms. The number of carbonyl (C=O) groups is 1. The van der Waals surface area contributed by atoms with Gasteiger partial charge in [-0.2, -0.15) is 0 Å². The number of hydrogen-bond acceptors (Lipinski definition) is 4. The molecule has 0 heterocycles. The number of aliphatic hydroxyl groups excluding tert-OH is 1. The first-order valence-electron chi connectivity index (χ1n) is 5.59. The predicted octanol–water partition coefficient (Wildman–Crippen LogP) is 2.05. The van der Waals surface area contributed by atoms with Gasteiger partial charge in [0, 0.05) is 0 Å². The molecule has 1 aromatic rings. The lowest BCUT2D eigenvalue weighted by Gasteiger charge is -2.14. The average Bonchev–Trinajstić information content (AvgIpc) is 2.37. The zero-order valence-electron chi connectivity index (χ0n) is 10.4. The van der Waals surface area contributed by atoms with Gasteiger partial charge in [0.25, 0.3) is 0 Å². The van der Waals surface area contributed by atoms with Crippen LogP contribution in [0.5, 0.6) is 11.5 Å². The van der Waals surface area contributed by atoms with E-state index in [1.54, 1.807) is 18.2 Å². The number of ketones is 1. The van der Waals surface area contributed by atoms with Crippen molar-refractivity contribution in [2.75, 3.05) is 14.2 Å². The van der Waals surface area contributed by atoms with E-state index >= 15 is 0 Å². The van der Waals surface area contributed by atoms with E-state index in [1.807, 2.05) is 6.92 Å². The minimum Gasteiger partial charge on any atom is -0.496 e. The zero-order valence-corrected chi connectivity index (χ0v) is 10.4. The molecule has 94 valence electrons. The van der Waals surface area contributed by atoms with Gasteiger partial charge in [-0.1, -0.05) is 19.4 Å². The van der Waals surface area contributed by atoms with Gasteiger partial charge in [0.15, 0.2) is 5.78 Å². The molecule has 1 aromatic carbocycles. The van der Waals surface area contributed by atoms with E-state index < -0.39 is 6.10 Å². The molecule has 0 fully saturated rings. The van der Waals surface area contributed by atoms with Crippen LogP contribution in [0.3, 0.4) is 0 Å². The van der Waals surface area contributed by atoms with Gasteiger partial charge in [0.2, 0.25) is 0 Å². The summed E-state index contributed by atoms with van der Waals surface area (Å²) in [5.41, 5.74) is 0.304. The second-order valence-corrected chi connectivity index (χ2v) is 3.71. The van der Waals surface area contributed by atoms with E-state index in [1.165, 1.54) is 14.2 Å². The molecule has 0 saturated heterocycles. The highest BCUT2D eigenvalue weighted by Crippen LogP contribution is 2.29. The molecule has 0 amide bonds. The van der Waals surface area contributed by atoms with Crippen molar-refractivity contribution in [3.8, 4) is 11.5 Å². The Kier molecular flexibility index (Phi) is 4.97. The topological polar surface area (TPSA) is 55.8 Å². The van der Waals surface area contributed by atoms with Gasteiger partial charge >= 0.3 is 0 Å². The fourth-order valence-electron chi connectivity index (χ4n) is 1.67. The summed E-state index contributed by atoms with van der Waals surface area (Å²) in [6.45, 7) is 1.91. The van der Waals surface area contributed by atoms with Crippen LogP contribution in [0.25, 0.3) is 0 Å². The van der Waals surface area contributed by atoms with Crippen molar-refractivity contribution in [2.24, 2.45) is 0 Å². The molecule has 0 radical (unpaired) electrons. The summed E-state index contributed by atoms with van der Waals surface area (Å²) in [5.74, 6) is 0.482. The monoisotopic (exact) mass is 238 g/mol. The SMILES string of the molecule is CCCC(O)C(=O)c1c(OC)cccc1OC. The largest absolute Gasteiger partial charge is 0.496 e. The number of aliphatic hydroxyl groups is 1. The lowest BCUT2D eigenvalue weighted by atomic mass is 10.0. The number of ether oxygens (including phenoxy) is 2. The average molecular weight is 238 g/mol. The van der Waals surface area contributed by atoms with Gasteiger partial charge in [0.05, 0.1) is 14.2 Å². The van der Waals surface area contributed by atoms with Crippen LogP contribution in [0, 0.1) is 0 Å². The first-order valence-corrected chi connectivity index (χ1v) is 5.59. The van der Waals surface area contributed by atoms with Crippen molar-refractivity contribution in [3.05, 3.63) is 23.8 Å². The Morgan fingerprint density at radius 2 is 1.82 bits per heavy atom. The second-order valence-electron chi connectivity index (χ2n) is 3.71. The Bertz CT molecular complexity index is 365. The summed E-state index contributed by atoms with van der Waals surface area (Å²) < 4.78 is 10.3. The van der Waals surface area contributed by atoms with Crippen LogP contribution in [-0.4, -0.2) is 31.2 Å². The van der Waals surface area contributed by atoms with E-state index in [9.17, 15) is 9.90 Å². The van der Waals surface area contributed by atoms with Crippen molar-refractivity contribution < 1.29 is 19.4 Å². The van der Waals surface area contributed by atoms with Crippen LogP contribution >= 0.6 is 0 Å². The highest BCUT2D eigenvalue weighted by atomic mass is 16.5. The molecule has 0 aromatic heterocycles. The summed E-state index contributed by atoms with van der Waals surface area (Å²) >= 11 is 0. The fourth-order valence-corrected chi connectivity index (χ4v) is 1.67. The maximum Gasteiger partial charge on any atom is 0.198 e. The van der Waals surface area contributed by atoms with E-state index in [0.29, 0.717) is 23.5 Å². The van der Waals surface area contributed by atoms with Gasteiger partial charge in [0.1, 0.15) is 23.2 Å². The van der Waals surface area contributed by atoms with E-state index in [-0.39, 0.29) is 5.78 Å². The molecule has 1 rings (SSSR count). The van der Waals surface area contributed by atoms with Crippen molar-refractivity contribution in [2.45, 2.75) is 25.9 Å². The summed E-state index contributed by atoms with van der Waals surface area (Å²) in [6.07, 6.45) is 0.162. The van der Waals surface area contributed by atoms with Gasteiger partial charge in [-0.25, -0.2) is 0 Å². The normalized spacial score (nSPS) is 12.0. The van der Waals surface area contributed by atoms with Crippen LogP contribution in [0.2, 0.25) is 0 Å². The minimum atomic E-state index is -1.01. The Labute approximate surface area is 101 Å². The predicted molar refractivity (Wildman–Crippen MR) is 64.8 cm³/mol. The molecule has 1 atom stereocenters. The Hall–Kier alpha value is -1.55. The highest BCUT2D eigenvalue weighted by Gasteiger charge is 2.23. The first kappa shape index (κ1) is 13.5. The van der Waals surface area contributed by atoms with Crippen LogP contribution in [0.1, 0.15) is 30.1 Å². The van der Waals surface area contributed by atoms with Crippen LogP contribution in [0.15, 0.2) is 18.2 Å². The molecule has 1 N–H and O–H groups in total. The van der Waals surface area contributed by atoms with Gasteiger partial charge < -0.3 is 14.6 Å². The fraction of sp³-hybridized carbons (Fsp3) is 0.462. The maximum absolute atomic E-state index is 12.1. The van der Waals surface area contributed by atoms with Gasteiger partial charge in [-0.05, 0) is 18.6 Å². The molecule has 0 aliphatic heterocycles. The third kappa shape index (κ3) is 2.97. The van der Waals surface area contributed by atoms with Crippen molar-refractivity contribution >= 4 is 5.78 Å².